The molecule has 1 fully saturated rings. The largest absolute Gasteiger partial charge is 0.370 e. The number of ether oxygens (including phenoxy) is 1. The molecule has 6 heteroatoms. The van der Waals surface area contributed by atoms with E-state index in [0.717, 1.165) is 43.3 Å². The van der Waals surface area contributed by atoms with Crippen LogP contribution in [-0.4, -0.2) is 49.5 Å². The summed E-state index contributed by atoms with van der Waals surface area (Å²) in [4.78, 5) is 13.3. The highest BCUT2D eigenvalue weighted by Gasteiger charge is 2.17. The second-order valence-corrected chi connectivity index (χ2v) is 6.78. The van der Waals surface area contributed by atoms with E-state index in [1.54, 1.807) is 6.21 Å². The fourth-order valence-corrected chi connectivity index (χ4v) is 3.38. The Kier molecular flexibility index (Phi) is 5.85. The number of quaternary nitrogens is 1. The molecular formula is C20H27N4O2+. The Morgan fingerprint density at radius 2 is 2.00 bits per heavy atom. The molecule has 138 valence electrons. The van der Waals surface area contributed by atoms with Gasteiger partial charge in [0.25, 0.3) is 5.91 Å². The maximum atomic E-state index is 12.0. The van der Waals surface area contributed by atoms with Crippen molar-refractivity contribution in [2.75, 3.05) is 32.8 Å². The van der Waals surface area contributed by atoms with Crippen LogP contribution in [0.5, 0.6) is 0 Å². The zero-order valence-corrected chi connectivity index (χ0v) is 15.7. The second-order valence-electron chi connectivity index (χ2n) is 6.78. The SMILES string of the molecule is Cc1ccccc1-n1c(C)cc(/C=N\NC(=O)C[NH+]2CCOCC2)c1C. The van der Waals surface area contributed by atoms with Crippen molar-refractivity contribution in [1.82, 2.24) is 9.99 Å². The number of hydrogen-bond donors (Lipinski definition) is 2. The minimum Gasteiger partial charge on any atom is -0.370 e. The molecule has 0 spiro atoms. The quantitative estimate of drug-likeness (QED) is 0.615. The van der Waals surface area contributed by atoms with Crippen LogP contribution in [0.25, 0.3) is 5.69 Å². The van der Waals surface area contributed by atoms with Gasteiger partial charge in [-0.05, 0) is 38.5 Å². The molecule has 2 aromatic rings. The van der Waals surface area contributed by atoms with E-state index in [1.807, 2.05) is 12.1 Å². The number of aromatic nitrogens is 1. The molecule has 0 bridgehead atoms. The summed E-state index contributed by atoms with van der Waals surface area (Å²) in [7, 11) is 0. The van der Waals surface area contributed by atoms with Gasteiger partial charge in [0.15, 0.2) is 6.54 Å². The Bertz CT molecular complexity index is 804. The summed E-state index contributed by atoms with van der Waals surface area (Å²) in [5, 5.41) is 4.16. The number of amides is 1. The highest BCUT2D eigenvalue weighted by Crippen LogP contribution is 2.22. The van der Waals surface area contributed by atoms with Crippen LogP contribution < -0.4 is 10.3 Å². The molecule has 6 nitrogen and oxygen atoms in total. The van der Waals surface area contributed by atoms with Gasteiger partial charge in [-0.3, -0.25) is 4.79 Å². The molecule has 1 aromatic carbocycles. The van der Waals surface area contributed by atoms with Crippen LogP contribution in [0.1, 0.15) is 22.5 Å². The molecule has 2 N–H and O–H groups in total. The summed E-state index contributed by atoms with van der Waals surface area (Å²) in [6.07, 6.45) is 1.73. The summed E-state index contributed by atoms with van der Waals surface area (Å²) in [6, 6.07) is 10.4. The summed E-state index contributed by atoms with van der Waals surface area (Å²) < 4.78 is 7.53. The third kappa shape index (κ3) is 4.20. The number of carbonyl (C=O) groups is 1. The fourth-order valence-electron chi connectivity index (χ4n) is 3.38. The highest BCUT2D eigenvalue weighted by molar-refractivity contribution is 5.84. The summed E-state index contributed by atoms with van der Waals surface area (Å²) in [5.74, 6) is -0.0640. The molecule has 1 aliphatic rings. The Hall–Kier alpha value is -2.44. The van der Waals surface area contributed by atoms with Crippen LogP contribution in [0.2, 0.25) is 0 Å². The predicted octanol–water partition coefficient (Wildman–Crippen LogP) is 0.768. The number of nitrogens with one attached hydrogen (secondary N) is 2. The van der Waals surface area contributed by atoms with E-state index in [4.69, 9.17) is 4.74 Å². The highest BCUT2D eigenvalue weighted by atomic mass is 16.5. The van der Waals surface area contributed by atoms with Gasteiger partial charge in [-0.1, -0.05) is 18.2 Å². The van der Waals surface area contributed by atoms with Crippen molar-refractivity contribution in [3.63, 3.8) is 0 Å². The maximum Gasteiger partial charge on any atom is 0.295 e. The molecule has 0 saturated carbocycles. The Labute approximate surface area is 154 Å². The van der Waals surface area contributed by atoms with Crippen molar-refractivity contribution < 1.29 is 14.4 Å². The normalized spacial score (nSPS) is 15.5. The number of morpholine rings is 1. The number of benzene rings is 1. The third-order valence-corrected chi connectivity index (χ3v) is 4.83. The lowest BCUT2D eigenvalue weighted by molar-refractivity contribution is -0.900. The van der Waals surface area contributed by atoms with Gasteiger partial charge in [-0.25, -0.2) is 5.43 Å². The third-order valence-electron chi connectivity index (χ3n) is 4.83. The number of carbonyl (C=O) groups excluding carboxylic acids is 1. The number of hydrogen-bond acceptors (Lipinski definition) is 3. The van der Waals surface area contributed by atoms with E-state index in [1.165, 1.54) is 16.2 Å². The molecule has 1 saturated heterocycles. The van der Waals surface area contributed by atoms with Crippen LogP contribution in [0.4, 0.5) is 0 Å². The first-order valence-corrected chi connectivity index (χ1v) is 9.04. The fraction of sp³-hybridized carbons (Fsp3) is 0.400. The van der Waals surface area contributed by atoms with E-state index in [2.05, 4.69) is 54.1 Å². The zero-order valence-electron chi connectivity index (χ0n) is 15.7. The van der Waals surface area contributed by atoms with Crippen molar-refractivity contribution in [1.29, 1.82) is 0 Å². The van der Waals surface area contributed by atoms with Crippen LogP contribution >= 0.6 is 0 Å². The first kappa shape index (κ1) is 18.4. The Balaban J connectivity index is 1.67. The molecule has 0 atom stereocenters. The van der Waals surface area contributed by atoms with E-state index in [9.17, 15) is 4.79 Å². The topological polar surface area (TPSA) is 60.1 Å². The molecule has 2 heterocycles. The smallest absolute Gasteiger partial charge is 0.295 e. The summed E-state index contributed by atoms with van der Waals surface area (Å²) in [5.41, 5.74) is 8.29. The Morgan fingerprint density at radius 3 is 2.73 bits per heavy atom. The number of aryl methyl sites for hydroxylation is 2. The van der Waals surface area contributed by atoms with Gasteiger partial charge in [0, 0.05) is 22.6 Å². The van der Waals surface area contributed by atoms with Crippen LogP contribution in [0.15, 0.2) is 35.4 Å². The van der Waals surface area contributed by atoms with Crippen LogP contribution in [0.3, 0.4) is 0 Å². The van der Waals surface area contributed by atoms with Gasteiger partial charge in [-0.2, -0.15) is 5.10 Å². The van der Waals surface area contributed by atoms with Crippen molar-refractivity contribution in [3.05, 3.63) is 52.8 Å². The molecule has 0 aliphatic carbocycles. The maximum absolute atomic E-state index is 12.0. The lowest BCUT2D eigenvalue weighted by atomic mass is 10.2. The number of hydrazone groups is 1. The van der Waals surface area contributed by atoms with E-state index in [0.29, 0.717) is 6.54 Å². The van der Waals surface area contributed by atoms with E-state index in [-0.39, 0.29) is 5.91 Å². The van der Waals surface area contributed by atoms with Gasteiger partial charge in [0.05, 0.1) is 19.4 Å². The van der Waals surface area contributed by atoms with Crippen LogP contribution in [-0.2, 0) is 9.53 Å². The molecule has 1 amide bonds. The van der Waals surface area contributed by atoms with Crippen molar-refractivity contribution in [3.8, 4) is 5.69 Å². The lowest BCUT2D eigenvalue weighted by Gasteiger charge is -2.22. The Morgan fingerprint density at radius 1 is 1.27 bits per heavy atom. The first-order valence-electron chi connectivity index (χ1n) is 9.04. The molecule has 1 aromatic heterocycles. The number of para-hydroxylation sites is 1. The number of nitrogens with zero attached hydrogens (tertiary/aromatic N) is 2. The molecule has 26 heavy (non-hydrogen) atoms. The molecule has 1 aliphatic heterocycles. The van der Waals surface area contributed by atoms with Crippen LogP contribution in [0, 0.1) is 20.8 Å². The van der Waals surface area contributed by atoms with Gasteiger partial charge in [-0.15, -0.1) is 0 Å². The van der Waals surface area contributed by atoms with Gasteiger partial charge in [0.2, 0.25) is 0 Å². The van der Waals surface area contributed by atoms with E-state index >= 15 is 0 Å². The monoisotopic (exact) mass is 355 g/mol. The summed E-state index contributed by atoms with van der Waals surface area (Å²) in [6.45, 7) is 9.87. The number of rotatable bonds is 5. The van der Waals surface area contributed by atoms with Gasteiger partial charge >= 0.3 is 0 Å². The van der Waals surface area contributed by atoms with Crippen molar-refractivity contribution in [2.24, 2.45) is 5.10 Å². The summed E-state index contributed by atoms with van der Waals surface area (Å²) >= 11 is 0. The second kappa shape index (κ2) is 8.29. The average molecular weight is 355 g/mol. The lowest BCUT2D eigenvalue weighted by Crippen LogP contribution is -3.15. The molecule has 0 radical (unpaired) electrons. The molecule has 3 rings (SSSR count). The zero-order chi connectivity index (χ0) is 18.5. The standard InChI is InChI=1S/C20H26N4O2/c1-15-6-4-5-7-19(15)24-16(2)12-18(17(24)3)13-21-22-20(25)14-23-8-10-26-11-9-23/h4-7,12-13H,8-11,14H2,1-3H3,(H,22,25)/p+1/b21-13-. The molecular weight excluding hydrogens is 328 g/mol. The van der Waals surface area contributed by atoms with Gasteiger partial charge in [0.1, 0.15) is 13.1 Å². The predicted molar refractivity (Wildman–Crippen MR) is 102 cm³/mol. The van der Waals surface area contributed by atoms with Gasteiger partial charge < -0.3 is 14.2 Å². The van der Waals surface area contributed by atoms with Crippen molar-refractivity contribution in [2.45, 2.75) is 20.8 Å². The van der Waals surface area contributed by atoms with Crippen molar-refractivity contribution >= 4 is 12.1 Å². The minimum absolute atomic E-state index is 0.0640. The first-order chi connectivity index (χ1) is 12.6. The average Bonchev–Trinajstić information content (AvgIpc) is 2.90. The van der Waals surface area contributed by atoms with E-state index < -0.39 is 0 Å². The molecule has 0 unspecified atom stereocenters. The minimum atomic E-state index is -0.0640.